The van der Waals surface area contributed by atoms with Gasteiger partial charge >= 0.3 is 6.18 Å². The lowest BCUT2D eigenvalue weighted by Gasteiger charge is -2.21. The highest BCUT2D eigenvalue weighted by atomic mass is 32.1. The molecule has 2 rings (SSSR count). The van der Waals surface area contributed by atoms with Crippen molar-refractivity contribution >= 4 is 11.3 Å². The Morgan fingerprint density at radius 3 is 2.86 bits per heavy atom. The molecule has 2 aromatic heterocycles. The summed E-state index contributed by atoms with van der Waals surface area (Å²) in [5.74, 6) is 0.529. The second-order valence-electron chi connectivity index (χ2n) is 4.34. The first-order valence-electron chi connectivity index (χ1n) is 6.11. The van der Waals surface area contributed by atoms with Crippen LogP contribution in [0.5, 0.6) is 0 Å². The minimum Gasteiger partial charge on any atom is -0.383 e. The molecule has 21 heavy (non-hydrogen) atoms. The number of halogens is 3. The zero-order chi connectivity index (χ0) is 15.3. The molecule has 0 spiro atoms. The Balaban J connectivity index is 2.02. The Morgan fingerprint density at radius 1 is 1.43 bits per heavy atom. The molecule has 0 radical (unpaired) electrons. The summed E-state index contributed by atoms with van der Waals surface area (Å²) in [5.41, 5.74) is 0.786. The topological polar surface area (TPSA) is 51.4 Å². The van der Waals surface area contributed by atoms with Gasteiger partial charge in [-0.1, -0.05) is 5.16 Å². The van der Waals surface area contributed by atoms with Crippen LogP contribution >= 0.6 is 11.3 Å². The molecular weight excluding hydrogens is 307 g/mol. The van der Waals surface area contributed by atoms with Crippen LogP contribution in [0.1, 0.15) is 5.89 Å². The average molecular weight is 321 g/mol. The van der Waals surface area contributed by atoms with E-state index in [0.29, 0.717) is 5.82 Å². The summed E-state index contributed by atoms with van der Waals surface area (Å²) in [6, 6.07) is 1.82. The highest BCUT2D eigenvalue weighted by Crippen LogP contribution is 2.21. The molecule has 2 aromatic rings. The summed E-state index contributed by atoms with van der Waals surface area (Å²) in [7, 11) is 1.44. The number of ether oxygens (including phenoxy) is 1. The van der Waals surface area contributed by atoms with Crippen LogP contribution in [0.2, 0.25) is 0 Å². The second kappa shape index (κ2) is 7.01. The molecule has 0 aliphatic heterocycles. The quantitative estimate of drug-likeness (QED) is 0.785. The number of rotatable bonds is 7. The van der Waals surface area contributed by atoms with Gasteiger partial charge in [-0.05, 0) is 11.4 Å². The van der Waals surface area contributed by atoms with Crippen molar-refractivity contribution in [2.75, 3.05) is 26.8 Å². The Bertz CT molecular complexity index is 542. The number of methoxy groups -OCH3 is 1. The van der Waals surface area contributed by atoms with Crippen LogP contribution in [0, 0.1) is 0 Å². The van der Waals surface area contributed by atoms with Crippen molar-refractivity contribution in [1.29, 1.82) is 0 Å². The zero-order valence-corrected chi connectivity index (χ0v) is 12.1. The van der Waals surface area contributed by atoms with Crippen molar-refractivity contribution < 1.29 is 22.4 Å². The lowest BCUT2D eigenvalue weighted by Crippen LogP contribution is -2.36. The molecule has 0 unspecified atom stereocenters. The number of alkyl halides is 3. The zero-order valence-electron chi connectivity index (χ0n) is 11.3. The van der Waals surface area contributed by atoms with Crippen molar-refractivity contribution in [1.82, 2.24) is 15.0 Å². The van der Waals surface area contributed by atoms with Gasteiger partial charge in [-0.15, -0.1) is 0 Å². The lowest BCUT2D eigenvalue weighted by molar-refractivity contribution is -0.148. The molecular formula is C12H14F3N3O2S. The van der Waals surface area contributed by atoms with E-state index in [1.165, 1.54) is 18.4 Å². The van der Waals surface area contributed by atoms with Crippen molar-refractivity contribution in [3.8, 4) is 11.4 Å². The summed E-state index contributed by atoms with van der Waals surface area (Å²) < 4.78 is 47.4. The highest BCUT2D eigenvalue weighted by molar-refractivity contribution is 7.08. The van der Waals surface area contributed by atoms with Gasteiger partial charge in [0.05, 0.1) is 19.7 Å². The summed E-state index contributed by atoms with van der Waals surface area (Å²) in [4.78, 5) is 5.27. The van der Waals surface area contributed by atoms with Crippen LogP contribution in [0.15, 0.2) is 21.3 Å². The van der Waals surface area contributed by atoms with E-state index in [1.54, 1.807) is 0 Å². The molecule has 0 saturated carbocycles. The third-order valence-corrected chi connectivity index (χ3v) is 3.30. The Labute approximate surface area is 123 Å². The fourth-order valence-electron chi connectivity index (χ4n) is 1.71. The molecule has 0 bridgehead atoms. The molecule has 0 atom stereocenters. The van der Waals surface area contributed by atoms with Gasteiger partial charge in [0.25, 0.3) is 0 Å². The highest BCUT2D eigenvalue weighted by Gasteiger charge is 2.31. The lowest BCUT2D eigenvalue weighted by atomic mass is 10.3. The number of hydrogen-bond donors (Lipinski definition) is 0. The Hall–Kier alpha value is -1.45. The molecule has 0 aliphatic rings. The number of thiophene rings is 1. The first kappa shape index (κ1) is 15.9. The van der Waals surface area contributed by atoms with Gasteiger partial charge < -0.3 is 9.26 Å². The maximum Gasteiger partial charge on any atom is 0.401 e. The predicted molar refractivity (Wildman–Crippen MR) is 70.8 cm³/mol. The van der Waals surface area contributed by atoms with Gasteiger partial charge in [0.15, 0.2) is 0 Å². The minimum atomic E-state index is -4.29. The Kier molecular flexibility index (Phi) is 5.32. The van der Waals surface area contributed by atoms with Gasteiger partial charge in [0.2, 0.25) is 11.7 Å². The molecule has 0 aliphatic carbocycles. The normalized spacial score (nSPS) is 12.2. The molecule has 9 heteroatoms. The number of nitrogens with zero attached hydrogens (tertiary/aromatic N) is 3. The van der Waals surface area contributed by atoms with Gasteiger partial charge in [-0.2, -0.15) is 29.5 Å². The molecule has 0 saturated heterocycles. The van der Waals surface area contributed by atoms with Gasteiger partial charge in [-0.3, -0.25) is 4.90 Å². The van der Waals surface area contributed by atoms with E-state index in [0.717, 1.165) is 10.5 Å². The standard InChI is InChI=1S/C12H14F3N3O2S/c1-19-4-3-18(8-12(13,14)15)6-10-16-11(17-20-10)9-2-5-21-7-9/h2,5,7H,3-4,6,8H2,1H3. The first-order valence-corrected chi connectivity index (χ1v) is 7.05. The van der Waals surface area contributed by atoms with E-state index in [4.69, 9.17) is 9.26 Å². The third-order valence-electron chi connectivity index (χ3n) is 2.62. The van der Waals surface area contributed by atoms with E-state index in [-0.39, 0.29) is 25.6 Å². The largest absolute Gasteiger partial charge is 0.401 e. The molecule has 0 N–H and O–H groups in total. The van der Waals surface area contributed by atoms with E-state index in [1.807, 2.05) is 16.8 Å². The smallest absolute Gasteiger partial charge is 0.383 e. The monoisotopic (exact) mass is 321 g/mol. The average Bonchev–Trinajstić information content (AvgIpc) is 3.04. The predicted octanol–water partition coefficient (Wildman–Crippen LogP) is 2.81. The van der Waals surface area contributed by atoms with Crippen LogP contribution < -0.4 is 0 Å². The van der Waals surface area contributed by atoms with Crippen molar-refractivity contribution in [3.05, 3.63) is 22.7 Å². The number of aromatic nitrogens is 2. The van der Waals surface area contributed by atoms with Crippen LogP contribution in [-0.2, 0) is 11.3 Å². The third kappa shape index (κ3) is 5.10. The van der Waals surface area contributed by atoms with Gasteiger partial charge in [-0.25, -0.2) is 0 Å². The van der Waals surface area contributed by atoms with E-state index < -0.39 is 12.7 Å². The summed E-state index contributed by atoms with van der Waals surface area (Å²) in [5, 5.41) is 7.47. The van der Waals surface area contributed by atoms with Crippen molar-refractivity contribution in [2.24, 2.45) is 0 Å². The molecule has 116 valence electrons. The van der Waals surface area contributed by atoms with E-state index >= 15 is 0 Å². The maximum atomic E-state index is 12.5. The van der Waals surface area contributed by atoms with Crippen molar-refractivity contribution in [3.63, 3.8) is 0 Å². The molecule has 2 heterocycles. The summed E-state index contributed by atoms with van der Waals surface area (Å²) in [6.45, 7) is -0.791. The summed E-state index contributed by atoms with van der Waals surface area (Å²) in [6.07, 6.45) is -4.29. The van der Waals surface area contributed by atoms with Gasteiger partial charge in [0.1, 0.15) is 0 Å². The second-order valence-corrected chi connectivity index (χ2v) is 5.12. The van der Waals surface area contributed by atoms with Crippen LogP contribution in [0.3, 0.4) is 0 Å². The van der Waals surface area contributed by atoms with Crippen LogP contribution in [0.25, 0.3) is 11.4 Å². The SMILES string of the molecule is COCCN(Cc1nc(-c2ccsc2)no1)CC(F)(F)F. The molecule has 5 nitrogen and oxygen atoms in total. The number of hydrogen-bond acceptors (Lipinski definition) is 6. The Morgan fingerprint density at radius 2 is 2.24 bits per heavy atom. The summed E-state index contributed by atoms with van der Waals surface area (Å²) >= 11 is 1.48. The van der Waals surface area contributed by atoms with Crippen LogP contribution in [0.4, 0.5) is 13.2 Å². The van der Waals surface area contributed by atoms with E-state index in [2.05, 4.69) is 10.1 Å². The fraction of sp³-hybridized carbons (Fsp3) is 0.500. The maximum absolute atomic E-state index is 12.5. The first-order chi connectivity index (χ1) is 9.98. The van der Waals surface area contributed by atoms with Crippen molar-refractivity contribution in [2.45, 2.75) is 12.7 Å². The molecule has 0 fully saturated rings. The van der Waals surface area contributed by atoms with E-state index in [9.17, 15) is 13.2 Å². The van der Waals surface area contributed by atoms with Crippen LogP contribution in [-0.4, -0.2) is 48.0 Å². The fourth-order valence-corrected chi connectivity index (χ4v) is 2.34. The van der Waals surface area contributed by atoms with Gasteiger partial charge in [0, 0.05) is 24.6 Å². The molecule has 0 aromatic carbocycles. The molecule has 0 amide bonds. The minimum absolute atomic E-state index is 0.0694.